The molecule has 4 fully saturated rings. The van der Waals surface area contributed by atoms with Crippen molar-refractivity contribution in [2.75, 3.05) is 0 Å². The highest BCUT2D eigenvalue weighted by atomic mass is 16.3. The molecular formula is C23H38O. The van der Waals surface area contributed by atoms with E-state index in [-0.39, 0.29) is 6.10 Å². The van der Waals surface area contributed by atoms with E-state index in [2.05, 4.69) is 27.4 Å². The van der Waals surface area contributed by atoms with Gasteiger partial charge < -0.3 is 5.11 Å². The summed E-state index contributed by atoms with van der Waals surface area (Å²) in [4.78, 5) is 0. The van der Waals surface area contributed by atoms with Gasteiger partial charge in [0.15, 0.2) is 0 Å². The molecule has 0 unspecified atom stereocenters. The lowest BCUT2D eigenvalue weighted by Crippen LogP contribution is -2.57. The van der Waals surface area contributed by atoms with Crippen LogP contribution in [0.15, 0.2) is 12.2 Å². The molecule has 0 saturated heterocycles. The maximum Gasteiger partial charge on any atom is 0.0545 e. The third kappa shape index (κ3) is 2.09. The molecule has 1 N–H and O–H groups in total. The van der Waals surface area contributed by atoms with Crippen molar-refractivity contribution in [1.82, 2.24) is 0 Å². The van der Waals surface area contributed by atoms with Crippen LogP contribution >= 0.6 is 0 Å². The van der Waals surface area contributed by atoms with Crippen molar-refractivity contribution in [3.05, 3.63) is 12.2 Å². The van der Waals surface area contributed by atoms with E-state index < -0.39 is 0 Å². The fourth-order valence-electron chi connectivity index (χ4n) is 8.35. The van der Waals surface area contributed by atoms with Crippen LogP contribution in [-0.2, 0) is 0 Å². The van der Waals surface area contributed by atoms with Crippen LogP contribution in [0.1, 0.15) is 85.5 Å². The van der Waals surface area contributed by atoms with Crippen LogP contribution in [0.5, 0.6) is 0 Å². The van der Waals surface area contributed by atoms with E-state index in [0.717, 1.165) is 17.8 Å². The second kappa shape index (κ2) is 5.35. The minimum Gasteiger partial charge on any atom is -0.393 e. The Balaban J connectivity index is 1.67. The maximum absolute atomic E-state index is 10.4. The quantitative estimate of drug-likeness (QED) is 0.587. The van der Waals surface area contributed by atoms with Gasteiger partial charge in [0.05, 0.1) is 6.10 Å². The minimum atomic E-state index is -0.129. The van der Waals surface area contributed by atoms with Gasteiger partial charge in [-0.25, -0.2) is 0 Å². The van der Waals surface area contributed by atoms with Crippen LogP contribution in [0.3, 0.4) is 0 Å². The fraction of sp³-hybridized carbons (Fsp3) is 0.913. The summed E-state index contributed by atoms with van der Waals surface area (Å²) in [6.45, 7) is 14.2. The molecule has 0 amide bonds. The summed E-state index contributed by atoms with van der Waals surface area (Å²) in [7, 11) is 0. The van der Waals surface area contributed by atoms with Gasteiger partial charge in [0, 0.05) is 0 Å². The molecule has 0 bridgehead atoms. The zero-order valence-electron chi connectivity index (χ0n) is 16.4. The maximum atomic E-state index is 10.4. The molecule has 0 aromatic heterocycles. The van der Waals surface area contributed by atoms with Crippen LogP contribution < -0.4 is 0 Å². The first kappa shape index (κ1) is 17.1. The van der Waals surface area contributed by atoms with Crippen molar-refractivity contribution in [2.45, 2.75) is 91.6 Å². The van der Waals surface area contributed by atoms with E-state index >= 15 is 0 Å². The molecule has 0 aromatic rings. The Morgan fingerprint density at radius 2 is 1.75 bits per heavy atom. The van der Waals surface area contributed by atoms with Gasteiger partial charge in [-0.15, -0.1) is 0 Å². The number of fused-ring (bicyclic) bond motifs is 5. The number of hydrogen-bond donors (Lipinski definition) is 1. The highest BCUT2D eigenvalue weighted by molar-refractivity contribution is 5.17. The smallest absolute Gasteiger partial charge is 0.0545 e. The van der Waals surface area contributed by atoms with Crippen LogP contribution in [0.2, 0.25) is 0 Å². The topological polar surface area (TPSA) is 20.2 Å². The Morgan fingerprint density at radius 3 is 2.46 bits per heavy atom. The summed E-state index contributed by atoms with van der Waals surface area (Å²) in [5, 5.41) is 10.4. The summed E-state index contributed by atoms with van der Waals surface area (Å²) in [5.41, 5.74) is 2.91. The van der Waals surface area contributed by atoms with E-state index in [1.165, 1.54) is 63.4 Å². The van der Waals surface area contributed by atoms with Gasteiger partial charge in [0.25, 0.3) is 0 Å². The van der Waals surface area contributed by atoms with E-state index in [1.807, 2.05) is 6.92 Å². The predicted octanol–water partition coefficient (Wildman–Crippen LogP) is 5.97. The lowest BCUT2D eigenvalue weighted by molar-refractivity contribution is -0.148. The molecule has 4 aliphatic carbocycles. The number of aliphatic hydroxyl groups excluding tert-OH is 1. The number of aliphatic hydroxyl groups is 1. The third-order valence-corrected chi connectivity index (χ3v) is 9.97. The molecular weight excluding hydrogens is 292 g/mol. The normalized spacial score (nSPS) is 55.5. The first-order chi connectivity index (χ1) is 11.2. The molecule has 4 aliphatic rings. The third-order valence-electron chi connectivity index (χ3n) is 9.97. The van der Waals surface area contributed by atoms with E-state index in [4.69, 9.17) is 0 Å². The zero-order valence-corrected chi connectivity index (χ0v) is 16.4. The van der Waals surface area contributed by atoms with Crippen LogP contribution in [0, 0.1) is 39.9 Å². The number of allylic oxidation sites excluding steroid dienone is 1. The van der Waals surface area contributed by atoms with Gasteiger partial charge in [-0.2, -0.15) is 0 Å². The first-order valence-corrected chi connectivity index (χ1v) is 10.6. The summed E-state index contributed by atoms with van der Waals surface area (Å²) >= 11 is 0. The molecule has 1 heteroatoms. The lowest BCUT2D eigenvalue weighted by atomic mass is 9.40. The first-order valence-electron chi connectivity index (χ1n) is 10.6. The molecule has 24 heavy (non-hydrogen) atoms. The van der Waals surface area contributed by atoms with Gasteiger partial charge in [0.2, 0.25) is 0 Å². The van der Waals surface area contributed by atoms with Crippen molar-refractivity contribution in [3.8, 4) is 0 Å². The van der Waals surface area contributed by atoms with Gasteiger partial charge in [0.1, 0.15) is 0 Å². The molecule has 0 spiro atoms. The Morgan fingerprint density at radius 1 is 1.00 bits per heavy atom. The standard InChI is InChI=1S/C23H38O/c1-15-8-11-21(3)12-9-17-19-7-6-18(16(2)24)22(19,4)13-10-20(17)23(21,5)14-15/h16-20,24H,1,6-14H2,2-5H3/t16-,17+,18+,19-,20-,21+,22-,23-/m0/s1. The average molecular weight is 331 g/mol. The molecule has 0 aromatic carbocycles. The van der Waals surface area contributed by atoms with Crippen molar-refractivity contribution < 1.29 is 5.11 Å². The molecule has 1 nitrogen and oxygen atoms in total. The summed E-state index contributed by atoms with van der Waals surface area (Å²) in [6, 6.07) is 0. The highest BCUT2D eigenvalue weighted by Gasteiger charge is 2.63. The summed E-state index contributed by atoms with van der Waals surface area (Å²) < 4.78 is 0. The molecule has 4 saturated carbocycles. The summed E-state index contributed by atoms with van der Waals surface area (Å²) in [6.07, 6.45) is 12.0. The van der Waals surface area contributed by atoms with Crippen molar-refractivity contribution in [2.24, 2.45) is 39.9 Å². The zero-order chi connectivity index (χ0) is 17.3. The second-order valence-corrected chi connectivity index (χ2v) is 10.8. The van der Waals surface area contributed by atoms with E-state index in [0.29, 0.717) is 22.2 Å². The Kier molecular flexibility index (Phi) is 3.82. The molecule has 136 valence electrons. The van der Waals surface area contributed by atoms with Crippen molar-refractivity contribution in [3.63, 3.8) is 0 Å². The van der Waals surface area contributed by atoms with E-state index in [9.17, 15) is 5.11 Å². The predicted molar refractivity (Wildman–Crippen MR) is 101 cm³/mol. The van der Waals surface area contributed by atoms with Crippen LogP contribution in [-0.4, -0.2) is 11.2 Å². The Hall–Kier alpha value is -0.300. The summed E-state index contributed by atoms with van der Waals surface area (Å²) in [5.74, 6) is 3.17. The van der Waals surface area contributed by atoms with Crippen LogP contribution in [0.25, 0.3) is 0 Å². The van der Waals surface area contributed by atoms with E-state index in [1.54, 1.807) is 0 Å². The average Bonchev–Trinajstić information content (AvgIpc) is 2.86. The van der Waals surface area contributed by atoms with Gasteiger partial charge in [-0.3, -0.25) is 0 Å². The largest absolute Gasteiger partial charge is 0.393 e. The van der Waals surface area contributed by atoms with Crippen molar-refractivity contribution in [1.29, 1.82) is 0 Å². The molecule has 0 heterocycles. The number of rotatable bonds is 1. The Labute approximate surface area is 149 Å². The SMILES string of the molecule is C=C1CC[C@]2(C)CC[C@@H]3[C@@H]4CC[C@H]([C@H](C)O)[C@]4(C)CC[C@@H]3[C@]2(C)C1. The lowest BCUT2D eigenvalue weighted by Gasteiger charge is -2.65. The van der Waals surface area contributed by atoms with Gasteiger partial charge in [-0.1, -0.05) is 32.9 Å². The molecule has 8 atom stereocenters. The minimum absolute atomic E-state index is 0.129. The van der Waals surface area contributed by atoms with Gasteiger partial charge in [-0.05, 0) is 105 Å². The molecule has 4 rings (SSSR count). The molecule has 0 radical (unpaired) electrons. The Bertz CT molecular complexity index is 536. The number of hydrogen-bond acceptors (Lipinski definition) is 1. The highest BCUT2D eigenvalue weighted by Crippen LogP contribution is 2.71. The fourth-order valence-corrected chi connectivity index (χ4v) is 8.35. The van der Waals surface area contributed by atoms with Gasteiger partial charge >= 0.3 is 0 Å². The monoisotopic (exact) mass is 330 g/mol. The molecule has 0 aliphatic heterocycles. The van der Waals surface area contributed by atoms with Crippen LogP contribution in [0.4, 0.5) is 0 Å². The van der Waals surface area contributed by atoms with Crippen molar-refractivity contribution >= 4 is 0 Å². The second-order valence-electron chi connectivity index (χ2n) is 10.8.